The molecule has 0 amide bonds. The third-order valence-corrected chi connectivity index (χ3v) is 9.30. The van der Waals surface area contributed by atoms with Gasteiger partial charge in [-0.25, -0.2) is 0 Å². The van der Waals surface area contributed by atoms with E-state index in [1.54, 1.807) is 0 Å². The molecular formula is C15H27IO2. The van der Waals surface area contributed by atoms with Crippen LogP contribution in [0, 0.1) is 0 Å². The number of halogens is 1. The second-order valence-electron chi connectivity index (χ2n) is 5.75. The van der Waals surface area contributed by atoms with Crippen molar-refractivity contribution in [2.24, 2.45) is 0 Å². The van der Waals surface area contributed by atoms with Gasteiger partial charge in [-0.3, -0.25) is 0 Å². The number of esters is 1. The van der Waals surface area contributed by atoms with E-state index in [1.165, 1.54) is 19.3 Å². The SMILES string of the molecule is C=C(C)CC(C)(C(=O)OC1CCCCC1)I(C)C. The molecule has 1 rings (SSSR count). The van der Waals surface area contributed by atoms with Crippen molar-refractivity contribution in [2.45, 2.75) is 61.9 Å². The fourth-order valence-corrected chi connectivity index (χ4v) is 4.81. The van der Waals surface area contributed by atoms with Gasteiger partial charge in [0.25, 0.3) is 0 Å². The van der Waals surface area contributed by atoms with Crippen molar-refractivity contribution >= 4 is 25.8 Å². The monoisotopic (exact) mass is 366 g/mol. The van der Waals surface area contributed by atoms with Gasteiger partial charge >= 0.3 is 119 Å². The van der Waals surface area contributed by atoms with Crippen LogP contribution in [0.15, 0.2) is 12.2 Å². The second kappa shape index (κ2) is 6.92. The number of hydrogen-bond acceptors (Lipinski definition) is 2. The molecule has 3 heteroatoms. The first-order valence-corrected chi connectivity index (χ1v) is 12.1. The van der Waals surface area contributed by atoms with Crippen molar-refractivity contribution in [1.82, 2.24) is 0 Å². The summed E-state index contributed by atoms with van der Waals surface area (Å²) < 4.78 is 5.51. The first-order chi connectivity index (χ1) is 8.36. The Bertz CT molecular complexity index is 306. The molecule has 1 saturated carbocycles. The van der Waals surface area contributed by atoms with E-state index in [9.17, 15) is 4.79 Å². The quantitative estimate of drug-likeness (QED) is 0.313. The maximum absolute atomic E-state index is 12.5. The van der Waals surface area contributed by atoms with Crippen LogP contribution in [0.2, 0.25) is 0 Å². The Hall–Kier alpha value is -0.0600. The van der Waals surface area contributed by atoms with E-state index >= 15 is 0 Å². The first kappa shape index (κ1) is 16.0. The predicted molar refractivity (Wildman–Crippen MR) is 86.7 cm³/mol. The van der Waals surface area contributed by atoms with Gasteiger partial charge in [0.15, 0.2) is 0 Å². The predicted octanol–water partition coefficient (Wildman–Crippen LogP) is 4.35. The summed E-state index contributed by atoms with van der Waals surface area (Å²) in [4.78, 5) is 17.0. The Balaban J connectivity index is 2.66. The van der Waals surface area contributed by atoms with Crippen LogP contribution in [0.3, 0.4) is 0 Å². The minimum absolute atomic E-state index is 0.0348. The van der Waals surface area contributed by atoms with Crippen LogP contribution in [-0.2, 0) is 9.53 Å². The van der Waals surface area contributed by atoms with Crippen molar-refractivity contribution in [1.29, 1.82) is 0 Å². The van der Waals surface area contributed by atoms with E-state index in [4.69, 9.17) is 4.74 Å². The number of carbonyl (C=O) groups excluding carboxylic acids is 1. The van der Waals surface area contributed by atoms with Crippen LogP contribution in [-0.4, -0.2) is 25.4 Å². The number of alkyl halides is 3. The molecule has 1 aliphatic carbocycles. The summed E-state index contributed by atoms with van der Waals surface area (Å²) in [6.07, 6.45) is 6.76. The van der Waals surface area contributed by atoms with Crippen molar-refractivity contribution in [3.63, 3.8) is 0 Å². The van der Waals surface area contributed by atoms with Gasteiger partial charge in [0.1, 0.15) is 0 Å². The van der Waals surface area contributed by atoms with E-state index in [2.05, 4.69) is 23.4 Å². The molecule has 0 radical (unpaired) electrons. The molecule has 0 N–H and O–H groups in total. The Morgan fingerprint density at radius 3 is 2.33 bits per heavy atom. The third-order valence-electron chi connectivity index (χ3n) is 3.72. The zero-order valence-electron chi connectivity index (χ0n) is 12.2. The number of carbonyl (C=O) groups is 1. The molecule has 0 saturated heterocycles. The van der Waals surface area contributed by atoms with Gasteiger partial charge in [-0.05, 0) is 0 Å². The molecule has 0 bridgehead atoms. The fraction of sp³-hybridized carbons (Fsp3) is 0.800. The van der Waals surface area contributed by atoms with Gasteiger partial charge in [-0.1, -0.05) is 0 Å². The second-order valence-corrected chi connectivity index (χ2v) is 12.4. The number of hydrogen-bond donors (Lipinski definition) is 0. The molecule has 18 heavy (non-hydrogen) atoms. The average Bonchev–Trinajstić information content (AvgIpc) is 2.29. The average molecular weight is 366 g/mol. The number of allylic oxidation sites excluding steroid dienone is 1. The number of rotatable bonds is 5. The van der Waals surface area contributed by atoms with Crippen molar-refractivity contribution in [3.05, 3.63) is 12.2 Å². The Kier molecular flexibility index (Phi) is 6.15. The van der Waals surface area contributed by atoms with E-state index in [0.29, 0.717) is 0 Å². The summed E-state index contributed by atoms with van der Waals surface area (Å²) in [5, 5.41) is 0. The zero-order valence-corrected chi connectivity index (χ0v) is 14.4. The summed E-state index contributed by atoms with van der Waals surface area (Å²) in [7, 11) is 0. The van der Waals surface area contributed by atoms with E-state index in [1.807, 2.05) is 6.92 Å². The molecule has 1 unspecified atom stereocenters. The van der Waals surface area contributed by atoms with Gasteiger partial charge in [-0.15, -0.1) is 0 Å². The Morgan fingerprint density at radius 1 is 1.33 bits per heavy atom. The van der Waals surface area contributed by atoms with Gasteiger partial charge in [0.2, 0.25) is 0 Å². The minimum atomic E-state index is -1.30. The summed E-state index contributed by atoms with van der Waals surface area (Å²) in [5.74, 6) is 0.0348. The maximum atomic E-state index is 12.5. The fourth-order valence-electron chi connectivity index (χ4n) is 2.38. The van der Waals surface area contributed by atoms with E-state index in [0.717, 1.165) is 24.8 Å². The van der Waals surface area contributed by atoms with Gasteiger partial charge < -0.3 is 0 Å². The molecule has 0 aromatic heterocycles. The van der Waals surface area contributed by atoms with Crippen LogP contribution in [0.1, 0.15) is 52.4 Å². The molecule has 0 spiro atoms. The topological polar surface area (TPSA) is 26.3 Å². The standard InChI is InChI=1S/C15H27IO2/c1-12(2)11-15(3,16(4)5)14(17)18-13-9-7-6-8-10-13/h13H,1,6-11H2,2-5H3. The first-order valence-electron chi connectivity index (χ1n) is 6.72. The van der Waals surface area contributed by atoms with Crippen LogP contribution < -0.4 is 0 Å². The van der Waals surface area contributed by atoms with E-state index < -0.39 is 19.8 Å². The van der Waals surface area contributed by atoms with Gasteiger partial charge in [0.05, 0.1) is 0 Å². The third kappa shape index (κ3) is 4.25. The Morgan fingerprint density at radius 2 is 1.89 bits per heavy atom. The molecule has 2 nitrogen and oxygen atoms in total. The molecule has 0 aliphatic heterocycles. The zero-order chi connectivity index (χ0) is 13.8. The van der Waals surface area contributed by atoms with E-state index in [-0.39, 0.29) is 15.5 Å². The van der Waals surface area contributed by atoms with Gasteiger partial charge in [0, 0.05) is 0 Å². The molecule has 106 valence electrons. The van der Waals surface area contributed by atoms with Crippen LogP contribution >= 0.6 is 19.8 Å². The van der Waals surface area contributed by atoms with Crippen LogP contribution in [0.25, 0.3) is 0 Å². The summed E-state index contributed by atoms with van der Waals surface area (Å²) in [6.45, 7) is 8.06. The number of ether oxygens (including phenoxy) is 1. The van der Waals surface area contributed by atoms with Crippen LogP contribution in [0.5, 0.6) is 0 Å². The molecule has 1 aliphatic rings. The van der Waals surface area contributed by atoms with Crippen molar-refractivity contribution in [3.8, 4) is 0 Å². The molecule has 1 fully saturated rings. The molecule has 0 aromatic rings. The normalized spacial score (nSPS) is 21.0. The molecule has 0 aromatic carbocycles. The van der Waals surface area contributed by atoms with Crippen LogP contribution in [0.4, 0.5) is 0 Å². The molecule has 1 atom stereocenters. The van der Waals surface area contributed by atoms with Gasteiger partial charge in [-0.2, -0.15) is 0 Å². The molecular weight excluding hydrogens is 339 g/mol. The summed E-state index contributed by atoms with van der Waals surface area (Å²) in [6, 6.07) is 0. The van der Waals surface area contributed by atoms with Crippen molar-refractivity contribution in [2.75, 3.05) is 9.86 Å². The molecule has 0 heterocycles. The Labute approximate surface area is 119 Å². The summed E-state index contributed by atoms with van der Waals surface area (Å²) in [5.41, 5.74) is 1.09. The van der Waals surface area contributed by atoms with Crippen molar-refractivity contribution < 1.29 is 9.53 Å². The summed E-state index contributed by atoms with van der Waals surface area (Å²) >= 11 is -1.30.